The van der Waals surface area contributed by atoms with Crippen LogP contribution in [0.25, 0.3) is 0 Å². The minimum absolute atomic E-state index is 0.00573. The van der Waals surface area contributed by atoms with Crippen molar-refractivity contribution >= 4 is 29.6 Å². The maximum atomic E-state index is 13.4. The number of thioether (sulfide) groups is 1. The predicted octanol–water partition coefficient (Wildman–Crippen LogP) is 2.61. The summed E-state index contributed by atoms with van der Waals surface area (Å²) in [6.07, 6.45) is 7.74. The Hall–Kier alpha value is -4.76. The number of unbranched alkanes of at least 4 members (excludes halogenated alkanes) is 1. The fraction of sp³-hybridized carbons (Fsp3) is 0.651. The first kappa shape index (κ1) is 43.5. The van der Waals surface area contributed by atoms with Gasteiger partial charge in [0, 0.05) is 55.1 Å². The molecule has 0 spiro atoms. The standard InChI is InChI=1S/C43H57N9O10S/c1-26-45-31-24-63-35(39(31)46-26)5-3-4-6-36(53)44-10-13-56-15-17-58-18-16-57-14-12-52-23-28(47-50-52)7-9-43(48-49-43)22-37(54)61-34-19-27-8-11-51(2)40(27)38-29-20-32-33(60-25-59-32)21-30(29)42(55)62-41(34)38/h19-21,23,31,34-35,38-41,45-46H,1,3-18,22,24-25H2,2H3,(H,44,53)/t31-,34-,35-,38-,39-,40+,41+/m0/s1. The molecule has 340 valence electrons. The minimum Gasteiger partial charge on any atom is -0.454 e. The molecule has 0 radical (unpaired) electrons. The second kappa shape index (κ2) is 19.5. The third-order valence-corrected chi connectivity index (χ3v) is 14.3. The Balaban J connectivity index is 0.613. The molecule has 1 aromatic heterocycles. The first-order valence-electron chi connectivity index (χ1n) is 22.1. The van der Waals surface area contributed by atoms with E-state index in [4.69, 9.17) is 33.2 Å². The van der Waals surface area contributed by atoms with Gasteiger partial charge in [0.25, 0.3) is 0 Å². The van der Waals surface area contributed by atoms with E-state index in [0.717, 1.165) is 60.6 Å². The lowest BCUT2D eigenvalue weighted by molar-refractivity contribution is -0.155. The topological polar surface area (TPSA) is 211 Å². The molecular weight excluding hydrogens is 835 g/mol. The molecule has 3 fully saturated rings. The van der Waals surface area contributed by atoms with Crippen LogP contribution in [0.5, 0.6) is 11.5 Å². The van der Waals surface area contributed by atoms with Gasteiger partial charge in [-0.25, -0.2) is 9.48 Å². The number of likely N-dealkylation sites (N-methyl/N-ethyl adjacent to an activating group) is 1. The second-order valence-corrected chi connectivity index (χ2v) is 18.4. The molecule has 3 saturated heterocycles. The van der Waals surface area contributed by atoms with Gasteiger partial charge in [-0.3, -0.25) is 14.5 Å². The molecule has 6 aliphatic heterocycles. The zero-order valence-electron chi connectivity index (χ0n) is 35.7. The first-order chi connectivity index (χ1) is 30.7. The van der Waals surface area contributed by atoms with E-state index in [-0.39, 0.29) is 31.1 Å². The van der Waals surface area contributed by atoms with Crippen LogP contribution < -0.4 is 25.4 Å². The summed E-state index contributed by atoms with van der Waals surface area (Å²) in [5.74, 6) is 2.04. The van der Waals surface area contributed by atoms with E-state index in [0.29, 0.717) is 106 Å². The molecule has 1 amide bonds. The van der Waals surface area contributed by atoms with Crippen molar-refractivity contribution in [2.24, 2.45) is 10.2 Å². The lowest BCUT2D eigenvalue weighted by Gasteiger charge is -2.44. The van der Waals surface area contributed by atoms with Crippen molar-refractivity contribution in [3.8, 4) is 11.5 Å². The normalized spacial score (nSPS) is 26.8. The van der Waals surface area contributed by atoms with E-state index in [1.165, 1.54) is 0 Å². The lowest BCUT2D eigenvalue weighted by atomic mass is 9.73. The van der Waals surface area contributed by atoms with Gasteiger partial charge in [-0.05, 0) is 56.5 Å². The van der Waals surface area contributed by atoms with Gasteiger partial charge in [0.15, 0.2) is 23.7 Å². The molecule has 0 saturated carbocycles. The number of hydrogen-bond acceptors (Lipinski definition) is 18. The maximum Gasteiger partial charge on any atom is 0.339 e. The van der Waals surface area contributed by atoms with Crippen molar-refractivity contribution in [1.82, 2.24) is 35.8 Å². The number of fused-ring (bicyclic) bond motifs is 7. The molecule has 1 aliphatic carbocycles. The van der Waals surface area contributed by atoms with E-state index in [9.17, 15) is 14.4 Å². The molecule has 20 heteroatoms. The summed E-state index contributed by atoms with van der Waals surface area (Å²) < 4.78 is 41.9. The quantitative estimate of drug-likeness (QED) is 0.0832. The fourth-order valence-electron chi connectivity index (χ4n) is 9.51. The summed E-state index contributed by atoms with van der Waals surface area (Å²) in [6, 6.07) is 4.51. The Kier molecular flexibility index (Phi) is 13.5. The molecule has 7 atom stereocenters. The number of carbonyl (C=O) groups is 3. The summed E-state index contributed by atoms with van der Waals surface area (Å²) in [4.78, 5) is 41.2. The molecular formula is C43H57N9O10S. The van der Waals surface area contributed by atoms with E-state index >= 15 is 0 Å². The number of esters is 2. The maximum absolute atomic E-state index is 13.4. The van der Waals surface area contributed by atoms with Crippen molar-refractivity contribution < 1.29 is 47.5 Å². The Morgan fingerprint density at radius 3 is 2.67 bits per heavy atom. The van der Waals surface area contributed by atoms with E-state index in [1.807, 2.05) is 30.1 Å². The number of benzene rings is 1. The lowest BCUT2D eigenvalue weighted by Crippen LogP contribution is -2.52. The van der Waals surface area contributed by atoms with Crippen molar-refractivity contribution in [3.63, 3.8) is 0 Å². The van der Waals surface area contributed by atoms with Crippen LogP contribution in [-0.4, -0.2) is 151 Å². The molecule has 7 aliphatic rings. The number of aromatic nitrogens is 3. The molecule has 7 heterocycles. The number of carbonyl (C=O) groups excluding carboxylic acids is 3. The van der Waals surface area contributed by atoms with E-state index < -0.39 is 29.8 Å². The highest BCUT2D eigenvalue weighted by atomic mass is 32.2. The van der Waals surface area contributed by atoms with Crippen LogP contribution in [-0.2, 0) is 46.2 Å². The minimum atomic E-state index is -0.878. The largest absolute Gasteiger partial charge is 0.454 e. The highest BCUT2D eigenvalue weighted by Gasteiger charge is 2.53. The Morgan fingerprint density at radius 1 is 1.05 bits per heavy atom. The van der Waals surface area contributed by atoms with Crippen LogP contribution in [0.1, 0.15) is 72.5 Å². The summed E-state index contributed by atoms with van der Waals surface area (Å²) in [5, 5.41) is 27.3. The first-order valence-corrected chi connectivity index (χ1v) is 23.2. The van der Waals surface area contributed by atoms with Gasteiger partial charge in [-0.1, -0.05) is 23.8 Å². The monoisotopic (exact) mass is 891 g/mol. The van der Waals surface area contributed by atoms with Crippen LogP contribution in [0, 0.1) is 0 Å². The number of hydrogen-bond donors (Lipinski definition) is 3. The molecule has 0 unspecified atom stereocenters. The molecule has 0 bridgehead atoms. The third kappa shape index (κ3) is 10.3. The third-order valence-electron chi connectivity index (χ3n) is 12.8. The molecule has 1 aromatic carbocycles. The Labute approximate surface area is 370 Å². The van der Waals surface area contributed by atoms with Crippen LogP contribution >= 0.6 is 11.8 Å². The van der Waals surface area contributed by atoms with Gasteiger partial charge < -0.3 is 49.1 Å². The van der Waals surface area contributed by atoms with Crippen molar-refractivity contribution in [3.05, 3.63) is 59.2 Å². The van der Waals surface area contributed by atoms with Crippen molar-refractivity contribution in [1.29, 1.82) is 0 Å². The fourth-order valence-corrected chi connectivity index (χ4v) is 11.1. The number of likely N-dealkylation sites (tertiary alicyclic amines) is 1. The van der Waals surface area contributed by atoms with Crippen molar-refractivity contribution in [2.75, 3.05) is 72.3 Å². The zero-order chi connectivity index (χ0) is 43.3. The van der Waals surface area contributed by atoms with Crippen LogP contribution in [0.2, 0.25) is 0 Å². The predicted molar refractivity (Wildman–Crippen MR) is 227 cm³/mol. The smallest absolute Gasteiger partial charge is 0.339 e. The molecule has 19 nitrogen and oxygen atoms in total. The summed E-state index contributed by atoms with van der Waals surface area (Å²) in [7, 11) is 2.06. The van der Waals surface area contributed by atoms with Gasteiger partial charge in [-0.15, -0.1) is 5.10 Å². The van der Waals surface area contributed by atoms with Gasteiger partial charge in [0.05, 0.1) is 81.8 Å². The van der Waals surface area contributed by atoms with Gasteiger partial charge in [-0.2, -0.15) is 22.0 Å². The van der Waals surface area contributed by atoms with Gasteiger partial charge in [0.2, 0.25) is 18.4 Å². The number of nitrogens with one attached hydrogen (secondary N) is 3. The summed E-state index contributed by atoms with van der Waals surface area (Å²) >= 11 is 2.00. The highest BCUT2D eigenvalue weighted by molar-refractivity contribution is 8.00. The average Bonchev–Trinajstić information content (AvgIpc) is 3.83. The number of aryl methyl sites for hydroxylation is 1. The second-order valence-electron chi connectivity index (χ2n) is 17.1. The molecule has 3 N–H and O–H groups in total. The van der Waals surface area contributed by atoms with Crippen LogP contribution in [0.15, 0.2) is 52.6 Å². The van der Waals surface area contributed by atoms with E-state index in [2.05, 4.69) is 55.0 Å². The molecule has 9 rings (SSSR count). The summed E-state index contributed by atoms with van der Waals surface area (Å²) in [5.41, 5.74) is 2.31. The van der Waals surface area contributed by atoms with Crippen LogP contribution in [0.4, 0.5) is 0 Å². The number of ether oxygens (including phenoxy) is 7. The SMILES string of the molecule is C=C1N[C@H]2[C@H](CS[C@H]2CCCCC(=O)NCCOCCOCCOCCn2cc(CCC3(CC(=O)O[C@H]4C=C5CCN(C)[C@H]5[C@@H]5c6cc7c(cc6C(=O)O[C@@H]54)OCO7)N=N3)nn2)N1. The number of nitrogens with zero attached hydrogens (tertiary/aromatic N) is 6. The zero-order valence-corrected chi connectivity index (χ0v) is 36.5. The van der Waals surface area contributed by atoms with Crippen molar-refractivity contribution in [2.45, 2.75) is 105 Å². The number of amides is 1. The van der Waals surface area contributed by atoms with Gasteiger partial charge in [0.1, 0.15) is 0 Å². The van der Waals surface area contributed by atoms with Crippen LogP contribution in [0.3, 0.4) is 0 Å². The Bertz CT molecular complexity index is 2080. The Morgan fingerprint density at radius 2 is 1.84 bits per heavy atom. The van der Waals surface area contributed by atoms with E-state index in [1.54, 1.807) is 10.7 Å². The van der Waals surface area contributed by atoms with Gasteiger partial charge >= 0.3 is 11.9 Å². The molecule has 63 heavy (non-hydrogen) atoms. The summed E-state index contributed by atoms with van der Waals surface area (Å²) in [6.45, 7) is 8.56. The molecule has 2 aromatic rings. The highest BCUT2D eigenvalue weighted by Crippen LogP contribution is 2.50. The average molecular weight is 892 g/mol. The number of rotatable bonds is 23.